The molecule has 0 unspecified atom stereocenters. The van der Waals surface area contributed by atoms with Crippen LogP contribution in [0.25, 0.3) is 0 Å². The fourth-order valence-electron chi connectivity index (χ4n) is 3.74. The number of carbonyl (C=O) groups excluding carboxylic acids is 1. The number of halogens is 3. The van der Waals surface area contributed by atoms with Crippen molar-refractivity contribution < 1.29 is 26.4 Å². The van der Waals surface area contributed by atoms with Crippen molar-refractivity contribution in [2.45, 2.75) is 31.8 Å². The second-order valence-electron chi connectivity index (χ2n) is 8.26. The van der Waals surface area contributed by atoms with E-state index in [1.807, 2.05) is 0 Å². The van der Waals surface area contributed by atoms with E-state index in [1.54, 1.807) is 43.3 Å². The molecule has 0 atom stereocenters. The fraction of sp³-hybridized carbons (Fsp3) is 0.261. The van der Waals surface area contributed by atoms with Gasteiger partial charge in [0.2, 0.25) is 21.9 Å². The smallest absolute Gasteiger partial charge is 0.365 e. The molecule has 13 heteroatoms. The summed E-state index contributed by atoms with van der Waals surface area (Å²) in [4.78, 5) is 19.4. The molecule has 0 saturated heterocycles. The maximum atomic E-state index is 13.7. The van der Waals surface area contributed by atoms with E-state index < -0.39 is 27.6 Å². The number of amides is 1. The number of aromatic nitrogens is 2. The molecule has 1 amide bonds. The molecule has 190 valence electrons. The lowest BCUT2D eigenvalue weighted by molar-refractivity contribution is -0.137. The van der Waals surface area contributed by atoms with Crippen LogP contribution in [0, 0.1) is 6.92 Å². The Morgan fingerprint density at radius 2 is 1.89 bits per heavy atom. The zero-order valence-electron chi connectivity index (χ0n) is 19.3. The van der Waals surface area contributed by atoms with Gasteiger partial charge in [-0.05, 0) is 48.9 Å². The Bertz CT molecular complexity index is 1430. The van der Waals surface area contributed by atoms with Crippen LogP contribution < -0.4 is 20.7 Å². The van der Waals surface area contributed by atoms with Crippen LogP contribution in [0.1, 0.15) is 27.8 Å². The summed E-state index contributed by atoms with van der Waals surface area (Å²) in [5.41, 5.74) is 2.66. The molecule has 0 aliphatic carbocycles. The van der Waals surface area contributed by atoms with Crippen LogP contribution in [0.5, 0.6) is 0 Å². The number of anilines is 4. The predicted octanol–water partition coefficient (Wildman–Crippen LogP) is 3.70. The summed E-state index contributed by atoms with van der Waals surface area (Å²) in [5, 5.41) is 8.26. The van der Waals surface area contributed by atoms with Crippen molar-refractivity contribution in [3.8, 4) is 0 Å². The van der Waals surface area contributed by atoms with Gasteiger partial charge >= 0.3 is 6.18 Å². The van der Waals surface area contributed by atoms with E-state index in [0.29, 0.717) is 28.7 Å². The van der Waals surface area contributed by atoms with Crippen molar-refractivity contribution in [1.82, 2.24) is 14.7 Å². The van der Waals surface area contributed by atoms with E-state index in [0.717, 1.165) is 11.1 Å². The van der Waals surface area contributed by atoms with Crippen LogP contribution in [-0.2, 0) is 39.7 Å². The third-order valence-electron chi connectivity index (χ3n) is 5.55. The number of carbonyl (C=O) groups is 1. The summed E-state index contributed by atoms with van der Waals surface area (Å²) in [7, 11) is -2.30. The maximum Gasteiger partial charge on any atom is 0.421 e. The Labute approximate surface area is 205 Å². The average molecular weight is 521 g/mol. The van der Waals surface area contributed by atoms with Crippen LogP contribution in [0.2, 0.25) is 0 Å². The highest BCUT2D eigenvalue weighted by Crippen LogP contribution is 2.35. The van der Waals surface area contributed by atoms with Gasteiger partial charge in [0.25, 0.3) is 0 Å². The molecule has 0 spiro atoms. The van der Waals surface area contributed by atoms with Gasteiger partial charge in [-0.3, -0.25) is 4.79 Å². The van der Waals surface area contributed by atoms with Crippen LogP contribution in [0.4, 0.5) is 36.3 Å². The van der Waals surface area contributed by atoms with Crippen molar-refractivity contribution in [3.05, 3.63) is 70.4 Å². The molecule has 1 aliphatic heterocycles. The molecular weight excluding hydrogens is 497 g/mol. The molecule has 4 N–H and O–H groups in total. The van der Waals surface area contributed by atoms with Crippen LogP contribution in [-0.4, -0.2) is 31.3 Å². The molecule has 9 nitrogen and oxygen atoms in total. The summed E-state index contributed by atoms with van der Waals surface area (Å²) >= 11 is 0. The van der Waals surface area contributed by atoms with Gasteiger partial charge in [-0.25, -0.2) is 18.1 Å². The molecule has 2 aromatic carbocycles. The van der Waals surface area contributed by atoms with Gasteiger partial charge in [0.15, 0.2) is 0 Å². The van der Waals surface area contributed by atoms with Gasteiger partial charge in [-0.2, -0.15) is 18.2 Å². The van der Waals surface area contributed by atoms with Crippen molar-refractivity contribution in [2.75, 3.05) is 23.0 Å². The van der Waals surface area contributed by atoms with Gasteiger partial charge in [0.1, 0.15) is 11.4 Å². The molecule has 1 aromatic heterocycles. The first-order chi connectivity index (χ1) is 16.9. The van der Waals surface area contributed by atoms with Gasteiger partial charge in [-0.1, -0.05) is 23.8 Å². The third-order valence-corrected chi connectivity index (χ3v) is 6.86. The lowest BCUT2D eigenvalue weighted by Gasteiger charge is -2.17. The van der Waals surface area contributed by atoms with E-state index in [-0.39, 0.29) is 30.6 Å². The number of fused-ring (bicyclic) bond motifs is 1. The molecule has 0 saturated carbocycles. The lowest BCUT2D eigenvalue weighted by Crippen LogP contribution is -2.21. The Balaban J connectivity index is 1.60. The fourth-order valence-corrected chi connectivity index (χ4v) is 4.56. The summed E-state index contributed by atoms with van der Waals surface area (Å²) in [6.07, 6.45) is -3.84. The summed E-state index contributed by atoms with van der Waals surface area (Å²) in [5.74, 6) is -0.997. The van der Waals surface area contributed by atoms with Gasteiger partial charge in [-0.15, -0.1) is 0 Å². The molecule has 0 radical (unpaired) electrons. The number of nitrogens with zero attached hydrogens (tertiary/aromatic N) is 2. The van der Waals surface area contributed by atoms with Gasteiger partial charge < -0.3 is 16.0 Å². The topological polar surface area (TPSA) is 125 Å². The highest BCUT2D eigenvalue weighted by atomic mass is 32.2. The second-order valence-corrected chi connectivity index (χ2v) is 10.2. The van der Waals surface area contributed by atoms with E-state index >= 15 is 0 Å². The summed E-state index contributed by atoms with van der Waals surface area (Å²) < 4.78 is 67.3. The second kappa shape index (κ2) is 9.74. The molecule has 36 heavy (non-hydrogen) atoms. The highest BCUT2D eigenvalue weighted by Gasteiger charge is 2.35. The molecule has 4 rings (SSSR count). The third kappa shape index (κ3) is 5.91. The number of sulfonamides is 1. The Morgan fingerprint density at radius 3 is 2.61 bits per heavy atom. The minimum atomic E-state index is -4.72. The molecule has 2 heterocycles. The first-order valence-electron chi connectivity index (χ1n) is 10.8. The van der Waals surface area contributed by atoms with Crippen LogP contribution in [0.3, 0.4) is 0 Å². The highest BCUT2D eigenvalue weighted by molar-refractivity contribution is 7.88. The normalized spacial score (nSPS) is 13.3. The number of benzene rings is 2. The largest absolute Gasteiger partial charge is 0.421 e. The number of nitrogens with one attached hydrogen (secondary N) is 4. The molecule has 1 aliphatic rings. The van der Waals surface area contributed by atoms with Gasteiger partial charge in [0, 0.05) is 24.1 Å². The standard InChI is InChI=1S/C23H23F3N6O3S/c1-13-3-4-14(16(7-13)12-36(34,35)27-2)10-28-21-18(23(24,25)26)11-29-22(32-21)30-17-5-6-19-15(8-17)9-20(33)31-19/h3-8,11,27H,9-10,12H2,1-2H3,(H,31,33)(H2,28,29,30,32). The lowest BCUT2D eigenvalue weighted by atomic mass is 10.1. The molecule has 3 aromatic rings. The SMILES string of the molecule is CNS(=O)(=O)Cc1cc(C)ccc1CNc1nc(Nc2ccc3c(c2)CC(=O)N3)ncc1C(F)(F)F. The average Bonchev–Trinajstić information content (AvgIpc) is 3.17. The van der Waals surface area contributed by atoms with Crippen LogP contribution >= 0.6 is 0 Å². The Morgan fingerprint density at radius 1 is 1.11 bits per heavy atom. The monoisotopic (exact) mass is 520 g/mol. The molecule has 0 fully saturated rings. The number of rotatable bonds is 8. The van der Waals surface area contributed by atoms with E-state index in [1.165, 1.54) is 7.05 Å². The van der Waals surface area contributed by atoms with Crippen LogP contribution in [0.15, 0.2) is 42.6 Å². The number of aryl methyl sites for hydroxylation is 1. The summed E-state index contributed by atoms with van der Waals surface area (Å²) in [6.45, 7) is 1.70. The van der Waals surface area contributed by atoms with Gasteiger partial charge in [0.05, 0.1) is 12.2 Å². The zero-order valence-corrected chi connectivity index (χ0v) is 20.1. The first-order valence-corrected chi connectivity index (χ1v) is 12.5. The first kappa shape index (κ1) is 25.4. The maximum absolute atomic E-state index is 13.7. The number of hydrogen-bond donors (Lipinski definition) is 4. The van der Waals surface area contributed by atoms with Crippen molar-refractivity contribution in [1.29, 1.82) is 0 Å². The van der Waals surface area contributed by atoms with E-state index in [2.05, 4.69) is 30.6 Å². The minimum absolute atomic E-state index is 0.0791. The molecular formula is C23H23F3N6O3S. The summed E-state index contributed by atoms with van der Waals surface area (Å²) in [6, 6.07) is 10.1. The van der Waals surface area contributed by atoms with Crippen molar-refractivity contribution in [2.24, 2.45) is 0 Å². The van der Waals surface area contributed by atoms with Crippen molar-refractivity contribution in [3.63, 3.8) is 0 Å². The quantitative estimate of drug-likeness (QED) is 0.357. The van der Waals surface area contributed by atoms with Crippen molar-refractivity contribution >= 4 is 39.1 Å². The Kier molecular flexibility index (Phi) is 6.87. The zero-order chi connectivity index (χ0) is 26.1. The van der Waals surface area contributed by atoms with E-state index in [9.17, 15) is 26.4 Å². The number of alkyl halides is 3. The Hall–Kier alpha value is -3.71. The number of hydrogen-bond acceptors (Lipinski definition) is 7. The predicted molar refractivity (Wildman–Crippen MR) is 129 cm³/mol. The minimum Gasteiger partial charge on any atom is -0.365 e. The molecule has 0 bridgehead atoms. The van der Waals surface area contributed by atoms with E-state index in [4.69, 9.17) is 0 Å².